The predicted octanol–water partition coefficient (Wildman–Crippen LogP) is 2.90. The third-order valence-corrected chi connectivity index (χ3v) is 5.19. The van der Waals surface area contributed by atoms with Crippen molar-refractivity contribution in [1.29, 1.82) is 0 Å². The smallest absolute Gasteiger partial charge is 0.230 e. The highest BCUT2D eigenvalue weighted by Gasteiger charge is 2.41. The summed E-state index contributed by atoms with van der Waals surface area (Å²) in [6.07, 6.45) is 6.85. The van der Waals surface area contributed by atoms with Gasteiger partial charge in [0.15, 0.2) is 0 Å². The van der Waals surface area contributed by atoms with Gasteiger partial charge in [-0.05, 0) is 56.5 Å². The SMILES string of the molecule is O=C(NC1CCNCC1)C1(c2cccc(F)c2)CCCCC1. The normalized spacial score (nSPS) is 22.2. The van der Waals surface area contributed by atoms with Gasteiger partial charge >= 0.3 is 0 Å². The van der Waals surface area contributed by atoms with Gasteiger partial charge in [0.1, 0.15) is 5.82 Å². The first kappa shape index (κ1) is 15.5. The molecule has 1 saturated heterocycles. The molecule has 0 unspecified atom stereocenters. The maximum Gasteiger partial charge on any atom is 0.230 e. The fourth-order valence-corrected chi connectivity index (χ4v) is 3.88. The number of carbonyl (C=O) groups is 1. The Hall–Kier alpha value is -1.42. The molecule has 1 aromatic carbocycles. The molecule has 1 aliphatic heterocycles. The average Bonchev–Trinajstić information content (AvgIpc) is 2.56. The fraction of sp³-hybridized carbons (Fsp3) is 0.611. The van der Waals surface area contributed by atoms with Crippen LogP contribution in [0.1, 0.15) is 50.5 Å². The Kier molecular flexibility index (Phi) is 4.77. The second kappa shape index (κ2) is 6.78. The first-order valence-electron chi connectivity index (χ1n) is 8.48. The van der Waals surface area contributed by atoms with Crippen molar-refractivity contribution < 1.29 is 9.18 Å². The minimum atomic E-state index is -0.536. The number of rotatable bonds is 3. The van der Waals surface area contributed by atoms with Crippen LogP contribution in [0.15, 0.2) is 24.3 Å². The molecule has 3 rings (SSSR count). The van der Waals surface area contributed by atoms with Crippen molar-refractivity contribution in [1.82, 2.24) is 10.6 Å². The topological polar surface area (TPSA) is 41.1 Å². The summed E-state index contributed by atoms with van der Waals surface area (Å²) in [5.41, 5.74) is 0.309. The van der Waals surface area contributed by atoms with Crippen LogP contribution in [0.5, 0.6) is 0 Å². The minimum Gasteiger partial charge on any atom is -0.353 e. The number of hydrogen-bond donors (Lipinski definition) is 2. The zero-order valence-electron chi connectivity index (χ0n) is 13.0. The lowest BCUT2D eigenvalue weighted by Gasteiger charge is -2.38. The van der Waals surface area contributed by atoms with Gasteiger partial charge in [-0.25, -0.2) is 4.39 Å². The highest BCUT2D eigenvalue weighted by atomic mass is 19.1. The predicted molar refractivity (Wildman–Crippen MR) is 85.2 cm³/mol. The van der Waals surface area contributed by atoms with E-state index in [1.807, 2.05) is 6.07 Å². The minimum absolute atomic E-state index is 0.102. The van der Waals surface area contributed by atoms with Gasteiger partial charge in [-0.15, -0.1) is 0 Å². The molecule has 120 valence electrons. The Bertz CT molecular complexity index is 520. The third-order valence-electron chi connectivity index (χ3n) is 5.19. The number of benzene rings is 1. The van der Waals surface area contributed by atoms with Gasteiger partial charge < -0.3 is 10.6 Å². The van der Waals surface area contributed by atoms with Gasteiger partial charge in [0.25, 0.3) is 0 Å². The molecular formula is C18H25FN2O. The lowest BCUT2D eigenvalue weighted by atomic mass is 9.68. The van der Waals surface area contributed by atoms with Gasteiger partial charge in [0, 0.05) is 6.04 Å². The molecule has 1 aromatic rings. The largest absolute Gasteiger partial charge is 0.353 e. The number of nitrogens with one attached hydrogen (secondary N) is 2. The van der Waals surface area contributed by atoms with Crippen LogP contribution in [-0.2, 0) is 10.2 Å². The number of halogens is 1. The molecule has 4 heteroatoms. The molecule has 2 aliphatic rings. The Labute approximate surface area is 131 Å². The first-order valence-corrected chi connectivity index (χ1v) is 8.48. The number of hydrogen-bond acceptors (Lipinski definition) is 2. The van der Waals surface area contributed by atoms with E-state index < -0.39 is 5.41 Å². The molecule has 22 heavy (non-hydrogen) atoms. The molecule has 1 saturated carbocycles. The molecular weight excluding hydrogens is 279 g/mol. The zero-order valence-corrected chi connectivity index (χ0v) is 13.0. The van der Waals surface area contributed by atoms with Crippen LogP contribution in [0, 0.1) is 5.82 Å². The highest BCUT2D eigenvalue weighted by molar-refractivity contribution is 5.88. The summed E-state index contributed by atoms with van der Waals surface area (Å²) in [6, 6.07) is 6.88. The molecule has 2 fully saturated rings. The van der Waals surface area contributed by atoms with E-state index in [0.717, 1.165) is 63.6 Å². The maximum atomic E-state index is 13.7. The molecule has 0 radical (unpaired) electrons. The molecule has 0 bridgehead atoms. The van der Waals surface area contributed by atoms with Gasteiger partial charge in [-0.2, -0.15) is 0 Å². The fourth-order valence-electron chi connectivity index (χ4n) is 3.88. The first-order chi connectivity index (χ1) is 10.7. The quantitative estimate of drug-likeness (QED) is 0.901. The summed E-state index contributed by atoms with van der Waals surface area (Å²) < 4.78 is 13.7. The van der Waals surface area contributed by atoms with Crippen molar-refractivity contribution in [2.24, 2.45) is 0 Å². The van der Waals surface area contributed by atoms with Crippen molar-refractivity contribution in [2.45, 2.75) is 56.4 Å². The van der Waals surface area contributed by atoms with E-state index in [9.17, 15) is 9.18 Å². The van der Waals surface area contributed by atoms with E-state index in [0.29, 0.717) is 0 Å². The summed E-state index contributed by atoms with van der Waals surface area (Å²) in [4.78, 5) is 13.0. The van der Waals surface area contributed by atoms with Gasteiger partial charge in [0.05, 0.1) is 5.41 Å². The van der Waals surface area contributed by atoms with E-state index in [-0.39, 0.29) is 17.8 Å². The molecule has 1 heterocycles. The number of carbonyl (C=O) groups excluding carboxylic acids is 1. The monoisotopic (exact) mass is 304 g/mol. The Balaban J connectivity index is 1.83. The van der Waals surface area contributed by atoms with E-state index in [1.54, 1.807) is 12.1 Å². The summed E-state index contributed by atoms with van der Waals surface area (Å²) >= 11 is 0. The summed E-state index contributed by atoms with van der Waals surface area (Å²) in [7, 11) is 0. The lowest BCUT2D eigenvalue weighted by Crippen LogP contribution is -2.51. The standard InChI is InChI=1S/C18H25FN2O/c19-15-6-4-5-14(13-15)18(9-2-1-3-10-18)17(22)21-16-7-11-20-12-8-16/h4-6,13,16,20H,1-3,7-12H2,(H,21,22). The van der Waals surface area contributed by atoms with Gasteiger partial charge in [-0.1, -0.05) is 31.4 Å². The molecule has 2 N–H and O–H groups in total. The van der Waals surface area contributed by atoms with Gasteiger partial charge in [0.2, 0.25) is 5.91 Å². The van der Waals surface area contributed by atoms with Crippen LogP contribution < -0.4 is 10.6 Å². The van der Waals surface area contributed by atoms with Crippen LogP contribution in [0.2, 0.25) is 0 Å². The summed E-state index contributed by atoms with van der Waals surface area (Å²) in [5.74, 6) is -0.151. The average molecular weight is 304 g/mol. The summed E-state index contributed by atoms with van der Waals surface area (Å²) in [5, 5.41) is 6.56. The molecule has 0 spiro atoms. The van der Waals surface area contributed by atoms with Crippen LogP contribution in [0.25, 0.3) is 0 Å². The van der Waals surface area contributed by atoms with E-state index >= 15 is 0 Å². The van der Waals surface area contributed by atoms with Crippen LogP contribution in [-0.4, -0.2) is 25.0 Å². The van der Waals surface area contributed by atoms with Gasteiger partial charge in [-0.3, -0.25) is 4.79 Å². The Morgan fingerprint density at radius 2 is 1.91 bits per heavy atom. The number of amides is 1. The molecule has 1 aliphatic carbocycles. The van der Waals surface area contributed by atoms with Crippen LogP contribution in [0.3, 0.4) is 0 Å². The van der Waals surface area contributed by atoms with Crippen LogP contribution >= 0.6 is 0 Å². The van der Waals surface area contributed by atoms with Crippen molar-refractivity contribution >= 4 is 5.91 Å². The Morgan fingerprint density at radius 3 is 2.59 bits per heavy atom. The van der Waals surface area contributed by atoms with E-state index in [1.165, 1.54) is 6.07 Å². The zero-order chi connectivity index (χ0) is 15.4. The molecule has 1 amide bonds. The van der Waals surface area contributed by atoms with Crippen molar-refractivity contribution in [3.63, 3.8) is 0 Å². The van der Waals surface area contributed by atoms with Crippen molar-refractivity contribution in [3.8, 4) is 0 Å². The number of piperidine rings is 1. The van der Waals surface area contributed by atoms with Crippen molar-refractivity contribution in [2.75, 3.05) is 13.1 Å². The molecule has 0 atom stereocenters. The summed E-state index contributed by atoms with van der Waals surface area (Å²) in [6.45, 7) is 1.91. The van der Waals surface area contributed by atoms with Crippen molar-refractivity contribution in [3.05, 3.63) is 35.6 Å². The van der Waals surface area contributed by atoms with E-state index in [4.69, 9.17) is 0 Å². The second-order valence-corrected chi connectivity index (χ2v) is 6.65. The molecule has 0 aromatic heterocycles. The highest BCUT2D eigenvalue weighted by Crippen LogP contribution is 2.40. The third kappa shape index (κ3) is 3.17. The Morgan fingerprint density at radius 1 is 1.18 bits per heavy atom. The maximum absolute atomic E-state index is 13.7. The molecule has 3 nitrogen and oxygen atoms in total. The lowest BCUT2D eigenvalue weighted by molar-refractivity contribution is -0.129. The van der Waals surface area contributed by atoms with E-state index in [2.05, 4.69) is 10.6 Å². The van der Waals surface area contributed by atoms with Crippen LogP contribution in [0.4, 0.5) is 4.39 Å². The second-order valence-electron chi connectivity index (χ2n) is 6.65.